The van der Waals surface area contributed by atoms with Crippen LogP contribution in [0.1, 0.15) is 55.4 Å². The molecule has 0 amide bonds. The molecule has 1 unspecified atom stereocenters. The van der Waals surface area contributed by atoms with E-state index in [4.69, 9.17) is 14.7 Å². The SMILES string of the molecule is C=C(CC(=O)Oc1c(C)c(C)c2c(c1C)CCC(C)(CC)O2)OO. The summed E-state index contributed by atoms with van der Waals surface area (Å²) in [6.45, 7) is 13.5. The fraction of sp³-hybridized carbons (Fsp3) is 0.526. The average molecular weight is 334 g/mol. The van der Waals surface area contributed by atoms with Crippen LogP contribution < -0.4 is 9.47 Å². The van der Waals surface area contributed by atoms with E-state index in [0.29, 0.717) is 5.75 Å². The van der Waals surface area contributed by atoms with Gasteiger partial charge < -0.3 is 14.4 Å². The first-order valence-electron chi connectivity index (χ1n) is 8.24. The van der Waals surface area contributed by atoms with Gasteiger partial charge in [0, 0.05) is 5.56 Å². The standard InChI is InChI=1S/C19H26O5/c1-7-19(6)9-8-15-14(5)17(12(3)13(4)18(15)23-19)22-16(20)10-11(2)24-21/h21H,2,7-10H2,1,3-6H3. The van der Waals surface area contributed by atoms with Crippen molar-refractivity contribution >= 4 is 5.97 Å². The Bertz CT molecular complexity index is 677. The van der Waals surface area contributed by atoms with Gasteiger partial charge in [-0.1, -0.05) is 13.5 Å². The molecular weight excluding hydrogens is 308 g/mol. The molecule has 5 nitrogen and oxygen atoms in total. The molecule has 1 N–H and O–H groups in total. The van der Waals surface area contributed by atoms with E-state index in [1.807, 2.05) is 20.8 Å². The molecule has 1 atom stereocenters. The summed E-state index contributed by atoms with van der Waals surface area (Å²) in [5, 5.41) is 8.51. The summed E-state index contributed by atoms with van der Waals surface area (Å²) < 4.78 is 11.8. The largest absolute Gasteiger partial charge is 0.487 e. The lowest BCUT2D eigenvalue weighted by Crippen LogP contribution is -2.36. The monoisotopic (exact) mass is 334 g/mol. The smallest absolute Gasteiger partial charge is 0.319 e. The fourth-order valence-corrected chi connectivity index (χ4v) is 3.03. The molecule has 0 saturated heterocycles. The summed E-state index contributed by atoms with van der Waals surface area (Å²) in [6, 6.07) is 0. The van der Waals surface area contributed by atoms with E-state index in [2.05, 4.69) is 25.3 Å². The van der Waals surface area contributed by atoms with Crippen LogP contribution in [0.2, 0.25) is 0 Å². The summed E-state index contributed by atoms with van der Waals surface area (Å²) in [5.41, 5.74) is 3.76. The predicted molar refractivity (Wildman–Crippen MR) is 91.4 cm³/mol. The van der Waals surface area contributed by atoms with Crippen molar-refractivity contribution in [3.8, 4) is 11.5 Å². The highest BCUT2D eigenvalue weighted by atomic mass is 17.1. The molecule has 1 aliphatic rings. The maximum atomic E-state index is 12.0. The van der Waals surface area contributed by atoms with E-state index >= 15 is 0 Å². The first-order valence-corrected chi connectivity index (χ1v) is 8.24. The summed E-state index contributed by atoms with van der Waals surface area (Å²) >= 11 is 0. The molecule has 1 aromatic rings. The quantitative estimate of drug-likeness (QED) is 0.284. The minimum absolute atomic E-state index is 0.0490. The molecule has 1 aromatic carbocycles. The van der Waals surface area contributed by atoms with Gasteiger partial charge in [0.25, 0.3) is 0 Å². The predicted octanol–water partition coefficient (Wildman–Crippen LogP) is 4.40. The van der Waals surface area contributed by atoms with Crippen LogP contribution in [0.15, 0.2) is 12.3 Å². The van der Waals surface area contributed by atoms with Gasteiger partial charge in [0.15, 0.2) is 0 Å². The van der Waals surface area contributed by atoms with Gasteiger partial charge in [0.05, 0.1) is 0 Å². The molecule has 2 rings (SSSR count). The van der Waals surface area contributed by atoms with Gasteiger partial charge in [-0.3, -0.25) is 4.79 Å². The molecule has 0 bridgehead atoms. The number of carbonyl (C=O) groups is 1. The highest BCUT2D eigenvalue weighted by Crippen LogP contribution is 2.44. The third kappa shape index (κ3) is 3.41. The van der Waals surface area contributed by atoms with Gasteiger partial charge >= 0.3 is 5.97 Å². The Labute approximate surface area is 143 Å². The second-order valence-corrected chi connectivity index (χ2v) is 6.70. The topological polar surface area (TPSA) is 65.0 Å². The number of hydrogen-bond donors (Lipinski definition) is 1. The van der Waals surface area contributed by atoms with Gasteiger partial charge in [0.1, 0.15) is 29.3 Å². The van der Waals surface area contributed by atoms with Crippen molar-refractivity contribution in [1.82, 2.24) is 0 Å². The molecular formula is C19H26O5. The van der Waals surface area contributed by atoms with Crippen molar-refractivity contribution in [2.24, 2.45) is 0 Å². The number of ether oxygens (including phenoxy) is 2. The number of benzene rings is 1. The van der Waals surface area contributed by atoms with E-state index in [-0.39, 0.29) is 17.8 Å². The Morgan fingerprint density at radius 2 is 1.96 bits per heavy atom. The lowest BCUT2D eigenvalue weighted by Gasteiger charge is -2.37. The Balaban J connectivity index is 2.38. The number of rotatable bonds is 5. The van der Waals surface area contributed by atoms with Gasteiger partial charge in [-0.2, -0.15) is 0 Å². The minimum atomic E-state index is -0.519. The van der Waals surface area contributed by atoms with Gasteiger partial charge in [-0.15, -0.1) is 0 Å². The molecule has 132 valence electrons. The summed E-state index contributed by atoms with van der Waals surface area (Å²) in [4.78, 5) is 16.0. The highest BCUT2D eigenvalue weighted by molar-refractivity contribution is 5.76. The molecule has 0 aliphatic carbocycles. The fourth-order valence-electron chi connectivity index (χ4n) is 3.03. The minimum Gasteiger partial charge on any atom is -0.487 e. The molecule has 5 heteroatoms. The zero-order valence-electron chi connectivity index (χ0n) is 15.1. The Morgan fingerprint density at radius 3 is 2.54 bits per heavy atom. The molecule has 0 aromatic heterocycles. The normalized spacial score (nSPS) is 19.2. The van der Waals surface area contributed by atoms with Crippen molar-refractivity contribution in [2.45, 2.75) is 65.9 Å². The maximum absolute atomic E-state index is 12.0. The first kappa shape index (κ1) is 18.3. The molecule has 1 aliphatic heterocycles. The molecule has 0 saturated carbocycles. The maximum Gasteiger partial charge on any atom is 0.319 e. The van der Waals surface area contributed by atoms with Crippen LogP contribution in [-0.2, 0) is 16.1 Å². The zero-order chi connectivity index (χ0) is 18.1. The third-order valence-corrected chi connectivity index (χ3v) is 5.00. The van der Waals surface area contributed by atoms with Crippen LogP contribution in [0.3, 0.4) is 0 Å². The number of fused-ring (bicyclic) bond motifs is 1. The number of esters is 1. The van der Waals surface area contributed by atoms with Crippen molar-refractivity contribution in [1.29, 1.82) is 0 Å². The van der Waals surface area contributed by atoms with Crippen LogP contribution in [0, 0.1) is 20.8 Å². The van der Waals surface area contributed by atoms with Crippen molar-refractivity contribution in [3.05, 3.63) is 34.6 Å². The van der Waals surface area contributed by atoms with Crippen LogP contribution in [0.4, 0.5) is 0 Å². The lowest BCUT2D eigenvalue weighted by atomic mass is 9.86. The van der Waals surface area contributed by atoms with Crippen LogP contribution >= 0.6 is 0 Å². The summed E-state index contributed by atoms with van der Waals surface area (Å²) in [7, 11) is 0. The molecule has 1 heterocycles. The van der Waals surface area contributed by atoms with Crippen LogP contribution in [0.5, 0.6) is 11.5 Å². The van der Waals surface area contributed by atoms with Gasteiger partial charge in [-0.05, 0) is 63.6 Å². The number of hydrogen-bond acceptors (Lipinski definition) is 5. The van der Waals surface area contributed by atoms with Crippen LogP contribution in [0.25, 0.3) is 0 Å². The van der Waals surface area contributed by atoms with E-state index < -0.39 is 5.97 Å². The molecule has 24 heavy (non-hydrogen) atoms. The van der Waals surface area contributed by atoms with Crippen molar-refractivity contribution < 1.29 is 24.4 Å². The van der Waals surface area contributed by atoms with E-state index in [9.17, 15) is 4.79 Å². The molecule has 0 radical (unpaired) electrons. The third-order valence-electron chi connectivity index (χ3n) is 5.00. The summed E-state index contributed by atoms with van der Waals surface area (Å²) in [5.74, 6) is 0.913. The van der Waals surface area contributed by atoms with Crippen molar-refractivity contribution in [2.75, 3.05) is 0 Å². The van der Waals surface area contributed by atoms with E-state index in [1.54, 1.807) is 0 Å². The Morgan fingerprint density at radius 1 is 1.29 bits per heavy atom. The molecule has 0 spiro atoms. The zero-order valence-corrected chi connectivity index (χ0v) is 15.1. The highest BCUT2D eigenvalue weighted by Gasteiger charge is 2.33. The van der Waals surface area contributed by atoms with Gasteiger partial charge in [-0.25, -0.2) is 5.26 Å². The Kier molecular flexibility index (Phi) is 5.23. The first-order chi connectivity index (χ1) is 11.2. The van der Waals surface area contributed by atoms with E-state index in [0.717, 1.165) is 47.3 Å². The summed E-state index contributed by atoms with van der Waals surface area (Å²) in [6.07, 6.45) is 2.58. The van der Waals surface area contributed by atoms with Crippen molar-refractivity contribution in [3.63, 3.8) is 0 Å². The average Bonchev–Trinajstić information content (AvgIpc) is 2.56. The number of carbonyl (C=O) groups excluding carboxylic acids is 1. The lowest BCUT2D eigenvalue weighted by molar-refractivity contribution is -0.206. The Hall–Kier alpha value is -2.01. The second kappa shape index (κ2) is 6.85. The van der Waals surface area contributed by atoms with E-state index in [1.165, 1.54) is 0 Å². The van der Waals surface area contributed by atoms with Crippen LogP contribution in [-0.4, -0.2) is 16.8 Å². The molecule has 0 fully saturated rings. The second-order valence-electron chi connectivity index (χ2n) is 6.70. The van der Waals surface area contributed by atoms with Gasteiger partial charge in [0.2, 0.25) is 0 Å².